The molecule has 0 fully saturated rings. The maximum absolute atomic E-state index is 5.38. The molecule has 2 nitrogen and oxygen atoms in total. The summed E-state index contributed by atoms with van der Waals surface area (Å²) >= 11 is 6.63. The predicted molar refractivity (Wildman–Crippen MR) is 72.5 cm³/mol. The molecule has 0 aliphatic carbocycles. The smallest absolute Gasteiger partial charge is 0.184 e. The molecule has 1 heterocycles. The van der Waals surface area contributed by atoms with E-state index in [1.807, 2.05) is 37.3 Å². The van der Waals surface area contributed by atoms with Crippen molar-refractivity contribution in [2.24, 2.45) is 4.99 Å². The van der Waals surface area contributed by atoms with Crippen LogP contribution in [0.2, 0.25) is 0 Å². The number of hydrogen-bond donors (Lipinski definition) is 0. The first kappa shape index (κ1) is 11.6. The number of furan rings is 1. The number of aliphatic imine (C=N–C) groups is 1. The molecule has 0 saturated carbocycles. The van der Waals surface area contributed by atoms with Gasteiger partial charge in [-0.1, -0.05) is 17.7 Å². The molecule has 0 aliphatic rings. The van der Waals surface area contributed by atoms with E-state index >= 15 is 0 Å². The second-order valence-corrected chi connectivity index (χ2v) is 4.94. The number of hydrogen-bond acceptors (Lipinski definition) is 2. The van der Waals surface area contributed by atoms with Gasteiger partial charge in [0.2, 0.25) is 0 Å². The fourth-order valence-electron chi connectivity index (χ4n) is 1.20. The molecule has 82 valence electrons. The Morgan fingerprint density at radius 2 is 1.88 bits per heavy atom. The molecule has 0 amide bonds. The third kappa shape index (κ3) is 2.83. The van der Waals surface area contributed by atoms with Gasteiger partial charge in [-0.3, -0.25) is 4.99 Å². The lowest BCUT2D eigenvalue weighted by Crippen LogP contribution is -1.74. The van der Waals surface area contributed by atoms with Crippen LogP contribution in [-0.2, 0) is 0 Å². The minimum Gasteiger partial charge on any atom is -0.447 e. The van der Waals surface area contributed by atoms with Gasteiger partial charge in [-0.15, -0.1) is 0 Å². The summed E-state index contributed by atoms with van der Waals surface area (Å²) in [7, 11) is 0. The Morgan fingerprint density at radius 1 is 1.19 bits per heavy atom. The second kappa shape index (κ2) is 4.97. The van der Waals surface area contributed by atoms with Gasteiger partial charge in [0.15, 0.2) is 4.67 Å². The first-order chi connectivity index (χ1) is 7.65. The monoisotopic (exact) mass is 341 g/mol. The molecule has 0 radical (unpaired) electrons. The maximum atomic E-state index is 5.38. The molecule has 0 atom stereocenters. The Kier molecular flexibility index (Phi) is 3.61. The van der Waals surface area contributed by atoms with Crippen LogP contribution in [-0.4, -0.2) is 6.21 Å². The van der Waals surface area contributed by atoms with Gasteiger partial charge in [0.05, 0.1) is 16.4 Å². The van der Waals surface area contributed by atoms with Gasteiger partial charge in [-0.05, 0) is 50.9 Å². The van der Waals surface area contributed by atoms with Crippen molar-refractivity contribution in [3.63, 3.8) is 0 Å². The standard InChI is InChI=1S/C12H9Br2NO/c1-8-2-4-9(5-3-8)15-7-10-6-11(13)12(14)16-10/h2-7H,1H3. The summed E-state index contributed by atoms with van der Waals surface area (Å²) in [6.07, 6.45) is 1.69. The van der Waals surface area contributed by atoms with Gasteiger partial charge in [0.25, 0.3) is 0 Å². The molecule has 1 aromatic carbocycles. The summed E-state index contributed by atoms with van der Waals surface area (Å²) in [6.45, 7) is 2.05. The summed E-state index contributed by atoms with van der Waals surface area (Å²) < 4.78 is 6.95. The molecule has 0 saturated heterocycles. The van der Waals surface area contributed by atoms with Gasteiger partial charge in [0, 0.05) is 6.07 Å². The quantitative estimate of drug-likeness (QED) is 0.715. The van der Waals surface area contributed by atoms with E-state index in [0.717, 1.165) is 10.2 Å². The second-order valence-electron chi connectivity index (χ2n) is 3.36. The molecule has 0 bridgehead atoms. The van der Waals surface area contributed by atoms with Crippen LogP contribution in [0.3, 0.4) is 0 Å². The molecule has 4 heteroatoms. The number of aryl methyl sites for hydroxylation is 1. The molecule has 1 aromatic heterocycles. The van der Waals surface area contributed by atoms with Crippen molar-refractivity contribution < 1.29 is 4.42 Å². The van der Waals surface area contributed by atoms with E-state index in [2.05, 4.69) is 36.9 Å². The highest BCUT2D eigenvalue weighted by molar-refractivity contribution is 9.13. The third-order valence-electron chi connectivity index (χ3n) is 2.04. The Hall–Kier alpha value is -0.870. The maximum Gasteiger partial charge on any atom is 0.184 e. The van der Waals surface area contributed by atoms with Crippen molar-refractivity contribution in [3.8, 4) is 0 Å². The fraction of sp³-hybridized carbons (Fsp3) is 0.0833. The van der Waals surface area contributed by atoms with E-state index < -0.39 is 0 Å². The topological polar surface area (TPSA) is 25.5 Å². The third-order valence-corrected chi connectivity index (χ3v) is 3.75. The minimum absolute atomic E-state index is 0.679. The lowest BCUT2D eigenvalue weighted by molar-refractivity contribution is 0.533. The highest BCUT2D eigenvalue weighted by Gasteiger charge is 2.03. The summed E-state index contributed by atoms with van der Waals surface area (Å²) in [5.74, 6) is 0.708. The number of halogens is 2. The van der Waals surface area contributed by atoms with Crippen molar-refractivity contribution in [3.05, 3.63) is 50.8 Å². The van der Waals surface area contributed by atoms with E-state index in [-0.39, 0.29) is 0 Å². The number of benzene rings is 1. The Labute approximate surface area is 111 Å². The number of nitrogens with zero attached hydrogens (tertiary/aromatic N) is 1. The van der Waals surface area contributed by atoms with Crippen LogP contribution in [0.15, 0.2) is 48.9 Å². The zero-order chi connectivity index (χ0) is 11.5. The summed E-state index contributed by atoms with van der Waals surface area (Å²) in [5, 5.41) is 0. The number of rotatable bonds is 2. The van der Waals surface area contributed by atoms with Crippen LogP contribution in [0.5, 0.6) is 0 Å². The Bertz CT molecular complexity index is 495. The molecule has 2 aromatic rings. The molecule has 16 heavy (non-hydrogen) atoms. The summed E-state index contributed by atoms with van der Waals surface area (Å²) in [6, 6.07) is 9.86. The molecule has 0 N–H and O–H groups in total. The van der Waals surface area contributed by atoms with Crippen molar-refractivity contribution in [2.75, 3.05) is 0 Å². The van der Waals surface area contributed by atoms with Crippen LogP contribution in [0.4, 0.5) is 5.69 Å². The summed E-state index contributed by atoms with van der Waals surface area (Å²) in [5.41, 5.74) is 2.14. The highest BCUT2D eigenvalue weighted by atomic mass is 79.9. The molecule has 2 rings (SSSR count). The molecule has 0 aliphatic heterocycles. The molecule has 0 unspecified atom stereocenters. The van der Waals surface area contributed by atoms with Crippen molar-refractivity contribution in [2.45, 2.75) is 6.92 Å². The largest absolute Gasteiger partial charge is 0.447 e. The molecule has 0 spiro atoms. The van der Waals surface area contributed by atoms with Crippen LogP contribution in [0, 0.1) is 6.92 Å². The van der Waals surface area contributed by atoms with Crippen LogP contribution in [0.25, 0.3) is 0 Å². The average Bonchev–Trinajstić information content (AvgIpc) is 2.58. The van der Waals surface area contributed by atoms with Crippen molar-refractivity contribution in [1.29, 1.82) is 0 Å². The van der Waals surface area contributed by atoms with E-state index in [4.69, 9.17) is 4.42 Å². The predicted octanol–water partition coefficient (Wildman–Crippen LogP) is 4.86. The molecular weight excluding hydrogens is 334 g/mol. The van der Waals surface area contributed by atoms with E-state index in [9.17, 15) is 0 Å². The first-order valence-electron chi connectivity index (χ1n) is 4.71. The van der Waals surface area contributed by atoms with Crippen LogP contribution >= 0.6 is 31.9 Å². The summed E-state index contributed by atoms with van der Waals surface area (Å²) in [4.78, 5) is 4.31. The SMILES string of the molecule is Cc1ccc(N=Cc2cc(Br)c(Br)o2)cc1. The lowest BCUT2D eigenvalue weighted by Gasteiger charge is -1.93. The molecular formula is C12H9Br2NO. The van der Waals surface area contributed by atoms with Gasteiger partial charge < -0.3 is 4.42 Å². The normalized spacial score (nSPS) is 11.2. The van der Waals surface area contributed by atoms with Crippen LogP contribution in [0.1, 0.15) is 11.3 Å². The van der Waals surface area contributed by atoms with Gasteiger partial charge in [0.1, 0.15) is 5.76 Å². The van der Waals surface area contributed by atoms with Crippen molar-refractivity contribution >= 4 is 43.8 Å². The van der Waals surface area contributed by atoms with Gasteiger partial charge >= 0.3 is 0 Å². The van der Waals surface area contributed by atoms with Gasteiger partial charge in [-0.2, -0.15) is 0 Å². The van der Waals surface area contributed by atoms with E-state index in [1.54, 1.807) is 6.21 Å². The highest BCUT2D eigenvalue weighted by Crippen LogP contribution is 2.26. The van der Waals surface area contributed by atoms with E-state index in [1.165, 1.54) is 5.56 Å². The first-order valence-corrected chi connectivity index (χ1v) is 6.29. The minimum atomic E-state index is 0.679. The zero-order valence-electron chi connectivity index (χ0n) is 8.58. The van der Waals surface area contributed by atoms with Gasteiger partial charge in [-0.25, -0.2) is 0 Å². The Morgan fingerprint density at radius 3 is 2.44 bits per heavy atom. The van der Waals surface area contributed by atoms with Crippen LogP contribution < -0.4 is 0 Å². The van der Waals surface area contributed by atoms with E-state index in [0.29, 0.717) is 10.4 Å². The van der Waals surface area contributed by atoms with Crippen molar-refractivity contribution in [1.82, 2.24) is 0 Å². The average molecular weight is 343 g/mol. The lowest BCUT2D eigenvalue weighted by atomic mass is 10.2. The Balaban J connectivity index is 2.17. The fourth-order valence-corrected chi connectivity index (χ4v) is 1.80. The zero-order valence-corrected chi connectivity index (χ0v) is 11.7.